The van der Waals surface area contributed by atoms with Crippen molar-refractivity contribution in [3.05, 3.63) is 12.3 Å². The second-order valence-electron chi connectivity index (χ2n) is 4.94. The van der Waals surface area contributed by atoms with E-state index in [-0.39, 0.29) is 5.54 Å². The summed E-state index contributed by atoms with van der Waals surface area (Å²) in [5.74, 6) is 0.599. The molecular formula is C12H24N4. The molecule has 1 heterocycles. The zero-order chi connectivity index (χ0) is 12.2. The molecule has 0 aliphatic heterocycles. The molecule has 1 aromatic rings. The fraction of sp³-hybridized carbons (Fsp3) is 0.750. The van der Waals surface area contributed by atoms with Crippen molar-refractivity contribution in [2.75, 3.05) is 19.3 Å². The number of hydrogen-bond donors (Lipinski definition) is 1. The summed E-state index contributed by atoms with van der Waals surface area (Å²) in [4.78, 5) is 2.40. The summed E-state index contributed by atoms with van der Waals surface area (Å²) in [6.07, 6.45) is 4.19. The molecule has 0 atom stereocenters. The van der Waals surface area contributed by atoms with Crippen molar-refractivity contribution in [2.45, 2.75) is 45.7 Å². The molecule has 1 aromatic heterocycles. The Hall–Kier alpha value is -1.03. The van der Waals surface area contributed by atoms with E-state index < -0.39 is 0 Å². The van der Waals surface area contributed by atoms with Crippen LogP contribution in [-0.2, 0) is 6.54 Å². The maximum absolute atomic E-state index is 5.56. The number of nitrogens with zero attached hydrogens (tertiary/aromatic N) is 3. The Labute approximate surface area is 98.4 Å². The highest BCUT2D eigenvalue weighted by Gasteiger charge is 2.20. The summed E-state index contributed by atoms with van der Waals surface area (Å²) in [6, 6.07) is 1.83. The molecule has 0 bridgehead atoms. The lowest BCUT2D eigenvalue weighted by Crippen LogP contribution is -2.41. The number of rotatable bonds is 6. The van der Waals surface area contributed by atoms with Gasteiger partial charge in [-0.2, -0.15) is 5.10 Å². The minimum Gasteiger partial charge on any atom is -0.382 e. The molecule has 0 aromatic carbocycles. The molecule has 0 aliphatic carbocycles. The third-order valence-electron chi connectivity index (χ3n) is 3.44. The quantitative estimate of drug-likeness (QED) is 0.803. The largest absolute Gasteiger partial charge is 0.382 e. The topological polar surface area (TPSA) is 47.1 Å². The zero-order valence-corrected chi connectivity index (χ0v) is 10.9. The highest BCUT2D eigenvalue weighted by Crippen LogP contribution is 2.16. The van der Waals surface area contributed by atoms with E-state index in [1.165, 1.54) is 0 Å². The number of nitrogen functional groups attached to an aromatic ring is 1. The van der Waals surface area contributed by atoms with Gasteiger partial charge in [-0.1, -0.05) is 6.92 Å². The van der Waals surface area contributed by atoms with Crippen LogP contribution in [0.3, 0.4) is 0 Å². The Balaban J connectivity index is 2.30. The van der Waals surface area contributed by atoms with Crippen molar-refractivity contribution in [1.29, 1.82) is 0 Å². The van der Waals surface area contributed by atoms with Gasteiger partial charge in [0.05, 0.1) is 0 Å². The van der Waals surface area contributed by atoms with E-state index in [0.717, 1.165) is 25.9 Å². The van der Waals surface area contributed by atoms with E-state index in [1.54, 1.807) is 0 Å². The first-order valence-electron chi connectivity index (χ1n) is 5.96. The molecule has 0 fully saturated rings. The van der Waals surface area contributed by atoms with Gasteiger partial charge < -0.3 is 10.6 Å². The predicted molar refractivity (Wildman–Crippen MR) is 68.3 cm³/mol. The second-order valence-corrected chi connectivity index (χ2v) is 4.94. The van der Waals surface area contributed by atoms with Gasteiger partial charge in [0.2, 0.25) is 0 Å². The number of nitrogens with two attached hydrogens (primary N) is 1. The summed E-state index contributed by atoms with van der Waals surface area (Å²) in [5.41, 5.74) is 5.84. The van der Waals surface area contributed by atoms with Crippen molar-refractivity contribution in [3.63, 3.8) is 0 Å². The lowest BCUT2D eigenvalue weighted by molar-refractivity contribution is 0.147. The normalized spacial score (nSPS) is 12.3. The number of aromatic nitrogens is 2. The van der Waals surface area contributed by atoms with Gasteiger partial charge in [0.25, 0.3) is 0 Å². The Morgan fingerprint density at radius 1 is 1.50 bits per heavy atom. The van der Waals surface area contributed by atoms with Crippen LogP contribution in [0.15, 0.2) is 12.3 Å². The van der Waals surface area contributed by atoms with E-state index in [0.29, 0.717) is 5.82 Å². The summed E-state index contributed by atoms with van der Waals surface area (Å²) in [7, 11) is 2.18. The van der Waals surface area contributed by atoms with Gasteiger partial charge in [-0.05, 0) is 39.8 Å². The highest BCUT2D eigenvalue weighted by molar-refractivity contribution is 5.23. The summed E-state index contributed by atoms with van der Waals surface area (Å²) in [6.45, 7) is 8.80. The first-order valence-corrected chi connectivity index (χ1v) is 5.96. The molecule has 4 heteroatoms. The van der Waals surface area contributed by atoms with Crippen molar-refractivity contribution < 1.29 is 0 Å². The van der Waals surface area contributed by atoms with E-state index in [9.17, 15) is 0 Å². The van der Waals surface area contributed by atoms with Crippen LogP contribution < -0.4 is 5.73 Å². The fourth-order valence-corrected chi connectivity index (χ4v) is 1.54. The van der Waals surface area contributed by atoms with Crippen LogP contribution in [-0.4, -0.2) is 33.8 Å². The van der Waals surface area contributed by atoms with Crippen molar-refractivity contribution in [2.24, 2.45) is 0 Å². The number of aryl methyl sites for hydroxylation is 1. The van der Waals surface area contributed by atoms with Crippen molar-refractivity contribution in [3.8, 4) is 0 Å². The van der Waals surface area contributed by atoms with E-state index in [1.807, 2.05) is 16.9 Å². The van der Waals surface area contributed by atoms with Gasteiger partial charge in [0.1, 0.15) is 5.82 Å². The predicted octanol–water partition coefficient (Wildman–Crippen LogP) is 1.98. The average molecular weight is 224 g/mol. The van der Waals surface area contributed by atoms with Crippen LogP contribution in [0.1, 0.15) is 33.6 Å². The average Bonchev–Trinajstić information content (AvgIpc) is 2.64. The van der Waals surface area contributed by atoms with E-state index in [4.69, 9.17) is 5.73 Å². The summed E-state index contributed by atoms with van der Waals surface area (Å²) < 4.78 is 1.90. The van der Waals surface area contributed by atoms with Gasteiger partial charge in [-0.3, -0.25) is 4.68 Å². The van der Waals surface area contributed by atoms with E-state index in [2.05, 4.69) is 37.8 Å². The Morgan fingerprint density at radius 2 is 2.19 bits per heavy atom. The molecule has 0 spiro atoms. The molecule has 4 nitrogen and oxygen atoms in total. The fourth-order valence-electron chi connectivity index (χ4n) is 1.54. The molecule has 0 aliphatic rings. The molecule has 0 radical (unpaired) electrons. The summed E-state index contributed by atoms with van der Waals surface area (Å²) in [5, 5.41) is 4.17. The lowest BCUT2D eigenvalue weighted by atomic mass is 10.00. The van der Waals surface area contributed by atoms with Crippen LogP contribution in [0.25, 0.3) is 0 Å². The first kappa shape index (κ1) is 13.0. The molecule has 0 amide bonds. The smallest absolute Gasteiger partial charge is 0.145 e. The number of hydrogen-bond acceptors (Lipinski definition) is 3. The maximum atomic E-state index is 5.56. The SMILES string of the molecule is CCC(C)(C)N(C)CCCn1ccc(N)n1. The third kappa shape index (κ3) is 3.52. The van der Waals surface area contributed by atoms with Gasteiger partial charge in [0.15, 0.2) is 0 Å². The molecular weight excluding hydrogens is 200 g/mol. The Kier molecular flexibility index (Phi) is 4.35. The second kappa shape index (κ2) is 5.34. The molecule has 0 saturated heterocycles. The van der Waals surface area contributed by atoms with Crippen LogP contribution in [0, 0.1) is 0 Å². The Morgan fingerprint density at radius 3 is 2.69 bits per heavy atom. The lowest BCUT2D eigenvalue weighted by Gasteiger charge is -2.34. The third-order valence-corrected chi connectivity index (χ3v) is 3.44. The minimum absolute atomic E-state index is 0.281. The number of anilines is 1. The van der Waals surface area contributed by atoms with Crippen LogP contribution in [0.2, 0.25) is 0 Å². The standard InChI is InChI=1S/C12H24N4/c1-5-12(2,3)15(4)8-6-9-16-10-7-11(13)14-16/h7,10H,5-6,8-9H2,1-4H3,(H2,13,14). The van der Waals surface area contributed by atoms with Gasteiger partial charge in [-0.25, -0.2) is 0 Å². The monoisotopic (exact) mass is 224 g/mol. The molecule has 2 N–H and O–H groups in total. The zero-order valence-electron chi connectivity index (χ0n) is 10.9. The van der Waals surface area contributed by atoms with Crippen LogP contribution >= 0.6 is 0 Å². The molecule has 92 valence electrons. The van der Waals surface area contributed by atoms with Crippen LogP contribution in [0.4, 0.5) is 5.82 Å². The Bertz CT molecular complexity index is 317. The van der Waals surface area contributed by atoms with Crippen molar-refractivity contribution >= 4 is 5.82 Å². The molecule has 16 heavy (non-hydrogen) atoms. The van der Waals surface area contributed by atoms with Crippen molar-refractivity contribution in [1.82, 2.24) is 14.7 Å². The maximum Gasteiger partial charge on any atom is 0.145 e. The highest BCUT2D eigenvalue weighted by atomic mass is 15.3. The van der Waals surface area contributed by atoms with Crippen LogP contribution in [0.5, 0.6) is 0 Å². The van der Waals surface area contributed by atoms with E-state index >= 15 is 0 Å². The van der Waals surface area contributed by atoms with Gasteiger partial charge >= 0.3 is 0 Å². The summed E-state index contributed by atoms with van der Waals surface area (Å²) >= 11 is 0. The first-order chi connectivity index (χ1) is 7.45. The minimum atomic E-state index is 0.281. The van der Waals surface area contributed by atoms with Gasteiger partial charge in [-0.15, -0.1) is 0 Å². The van der Waals surface area contributed by atoms with Gasteiger partial charge in [0, 0.05) is 24.8 Å². The molecule has 0 saturated carbocycles. The molecule has 1 rings (SSSR count). The molecule has 0 unspecified atom stereocenters.